The Morgan fingerprint density at radius 3 is 2.38 bits per heavy atom. The lowest BCUT2D eigenvalue weighted by Crippen LogP contribution is -2.27. The van der Waals surface area contributed by atoms with E-state index in [4.69, 9.17) is 9.47 Å². The zero-order chi connectivity index (χ0) is 19.1. The molecule has 0 saturated heterocycles. The van der Waals surface area contributed by atoms with Crippen LogP contribution in [0, 0.1) is 11.3 Å². The zero-order valence-corrected chi connectivity index (χ0v) is 16.3. The van der Waals surface area contributed by atoms with Crippen LogP contribution in [0.5, 0.6) is 11.5 Å². The van der Waals surface area contributed by atoms with Gasteiger partial charge in [-0.25, -0.2) is 0 Å². The maximum absolute atomic E-state index is 12.5. The largest absolute Gasteiger partial charge is 0.493 e. The summed E-state index contributed by atoms with van der Waals surface area (Å²) in [6.07, 6.45) is 1.51. The maximum atomic E-state index is 12.5. The first kappa shape index (κ1) is 19.5. The number of carbonyl (C=O) groups excluding carboxylic acids is 1. The van der Waals surface area contributed by atoms with Gasteiger partial charge in [0.05, 0.1) is 20.3 Å². The summed E-state index contributed by atoms with van der Waals surface area (Å²) >= 11 is 3.42. The molecule has 2 rings (SSSR count). The highest BCUT2D eigenvalue weighted by Crippen LogP contribution is 2.34. The van der Waals surface area contributed by atoms with Crippen molar-refractivity contribution in [2.45, 2.75) is 13.0 Å². The van der Waals surface area contributed by atoms with Crippen LogP contribution in [-0.2, 0) is 4.79 Å². The molecule has 0 aliphatic heterocycles. The molecule has 0 aromatic heterocycles. The molecule has 0 aliphatic carbocycles. The van der Waals surface area contributed by atoms with Gasteiger partial charge in [0, 0.05) is 4.47 Å². The van der Waals surface area contributed by atoms with Crippen LogP contribution >= 0.6 is 15.9 Å². The van der Waals surface area contributed by atoms with Crippen LogP contribution in [0.2, 0.25) is 0 Å². The Kier molecular flexibility index (Phi) is 6.81. The number of ether oxygens (including phenoxy) is 2. The quantitative estimate of drug-likeness (QED) is 0.566. The van der Waals surface area contributed by atoms with Crippen molar-refractivity contribution in [3.05, 3.63) is 63.6 Å². The molecule has 1 atom stereocenters. The fourth-order valence-corrected chi connectivity index (χ4v) is 2.82. The van der Waals surface area contributed by atoms with Crippen molar-refractivity contribution in [3.8, 4) is 17.6 Å². The Bertz CT molecular complexity index is 857. The minimum Gasteiger partial charge on any atom is -0.493 e. The van der Waals surface area contributed by atoms with E-state index in [1.165, 1.54) is 13.2 Å². The van der Waals surface area contributed by atoms with Gasteiger partial charge in [-0.3, -0.25) is 4.79 Å². The topological polar surface area (TPSA) is 71.3 Å². The molecule has 0 aliphatic rings. The van der Waals surface area contributed by atoms with E-state index >= 15 is 0 Å². The Morgan fingerprint density at radius 2 is 1.81 bits per heavy atom. The van der Waals surface area contributed by atoms with E-state index in [1.54, 1.807) is 19.2 Å². The molecule has 134 valence electrons. The molecule has 0 radical (unpaired) electrons. The number of methoxy groups -OCH3 is 2. The van der Waals surface area contributed by atoms with Crippen molar-refractivity contribution < 1.29 is 14.3 Å². The first-order chi connectivity index (χ1) is 12.5. The van der Waals surface area contributed by atoms with Gasteiger partial charge < -0.3 is 14.8 Å². The van der Waals surface area contributed by atoms with E-state index < -0.39 is 5.91 Å². The molecular weight excluding hydrogens is 396 g/mol. The van der Waals surface area contributed by atoms with Crippen molar-refractivity contribution in [2.24, 2.45) is 0 Å². The number of benzene rings is 2. The van der Waals surface area contributed by atoms with Crippen LogP contribution in [0.25, 0.3) is 6.08 Å². The molecule has 0 unspecified atom stereocenters. The summed E-state index contributed by atoms with van der Waals surface area (Å²) in [4.78, 5) is 12.5. The summed E-state index contributed by atoms with van der Waals surface area (Å²) in [5.41, 5.74) is 1.60. The molecule has 2 aromatic carbocycles. The van der Waals surface area contributed by atoms with Crippen LogP contribution < -0.4 is 14.8 Å². The van der Waals surface area contributed by atoms with Crippen molar-refractivity contribution in [1.29, 1.82) is 5.26 Å². The van der Waals surface area contributed by atoms with Gasteiger partial charge in [-0.15, -0.1) is 0 Å². The van der Waals surface area contributed by atoms with E-state index in [0.29, 0.717) is 21.5 Å². The monoisotopic (exact) mass is 414 g/mol. The van der Waals surface area contributed by atoms with Crippen LogP contribution in [-0.4, -0.2) is 20.1 Å². The Balaban J connectivity index is 2.27. The van der Waals surface area contributed by atoms with Crippen LogP contribution in [0.4, 0.5) is 0 Å². The van der Waals surface area contributed by atoms with Gasteiger partial charge in [-0.2, -0.15) is 5.26 Å². The summed E-state index contributed by atoms with van der Waals surface area (Å²) in [6, 6.07) is 14.7. The fourth-order valence-electron chi connectivity index (χ4n) is 2.38. The molecule has 6 heteroatoms. The van der Waals surface area contributed by atoms with Crippen molar-refractivity contribution >= 4 is 27.9 Å². The molecule has 5 nitrogen and oxygen atoms in total. The van der Waals surface area contributed by atoms with Gasteiger partial charge >= 0.3 is 0 Å². The summed E-state index contributed by atoms with van der Waals surface area (Å²) in [5.74, 6) is 0.625. The maximum Gasteiger partial charge on any atom is 0.262 e. The Morgan fingerprint density at radius 1 is 1.19 bits per heavy atom. The van der Waals surface area contributed by atoms with Crippen LogP contribution in [0.3, 0.4) is 0 Å². The first-order valence-electron chi connectivity index (χ1n) is 7.89. The number of carbonyl (C=O) groups is 1. The molecule has 26 heavy (non-hydrogen) atoms. The highest BCUT2D eigenvalue weighted by molar-refractivity contribution is 9.10. The van der Waals surface area contributed by atoms with Gasteiger partial charge in [0.2, 0.25) is 0 Å². The first-order valence-corrected chi connectivity index (χ1v) is 8.68. The summed E-state index contributed by atoms with van der Waals surface area (Å²) in [7, 11) is 3.07. The van der Waals surface area contributed by atoms with E-state index in [0.717, 1.165) is 5.56 Å². The van der Waals surface area contributed by atoms with E-state index in [2.05, 4.69) is 21.2 Å². The van der Waals surface area contributed by atoms with Gasteiger partial charge in [0.1, 0.15) is 11.6 Å². The second-order valence-electron chi connectivity index (χ2n) is 5.50. The molecule has 0 bridgehead atoms. The Labute approximate surface area is 161 Å². The lowest BCUT2D eigenvalue weighted by molar-refractivity contribution is -0.117. The third kappa shape index (κ3) is 4.64. The minimum absolute atomic E-state index is 0.000649. The second-order valence-corrected chi connectivity index (χ2v) is 6.36. The fraction of sp³-hybridized carbons (Fsp3) is 0.200. The minimum atomic E-state index is -0.439. The molecule has 1 N–H and O–H groups in total. The number of nitriles is 1. The number of hydrogen-bond donors (Lipinski definition) is 1. The van der Waals surface area contributed by atoms with Gasteiger partial charge in [0.15, 0.2) is 11.5 Å². The van der Waals surface area contributed by atoms with Crippen molar-refractivity contribution in [1.82, 2.24) is 5.32 Å². The van der Waals surface area contributed by atoms with Gasteiger partial charge in [0.25, 0.3) is 5.91 Å². The predicted molar refractivity (Wildman–Crippen MR) is 104 cm³/mol. The predicted octanol–water partition coefficient (Wildman–Crippen LogP) is 4.25. The number of hydrogen-bond acceptors (Lipinski definition) is 4. The highest BCUT2D eigenvalue weighted by atomic mass is 79.9. The van der Waals surface area contributed by atoms with E-state index in [1.807, 2.05) is 43.3 Å². The normalized spacial score (nSPS) is 12.0. The lowest BCUT2D eigenvalue weighted by atomic mass is 10.1. The standard InChI is InChI=1S/C20H19BrN2O3/c1-13(14-7-5-4-6-8-14)23-20(24)16(12-22)9-15-10-18(25-2)19(26-3)11-17(15)21/h4-11,13H,1-3H3,(H,23,24)/b16-9+/t13-/m0/s1. The number of nitrogens with one attached hydrogen (secondary N) is 1. The number of amides is 1. The number of halogens is 1. The number of rotatable bonds is 6. The molecule has 2 aromatic rings. The third-order valence-corrected chi connectivity index (χ3v) is 4.50. The molecule has 1 amide bonds. The Hall–Kier alpha value is -2.78. The molecule has 0 spiro atoms. The van der Waals surface area contributed by atoms with Crippen LogP contribution in [0.15, 0.2) is 52.5 Å². The van der Waals surface area contributed by atoms with Crippen LogP contribution in [0.1, 0.15) is 24.1 Å². The van der Waals surface area contributed by atoms with Crippen molar-refractivity contribution in [3.63, 3.8) is 0 Å². The van der Waals surface area contributed by atoms with E-state index in [9.17, 15) is 10.1 Å². The average molecular weight is 415 g/mol. The molecular formula is C20H19BrN2O3. The summed E-state index contributed by atoms with van der Waals surface area (Å²) in [5, 5.41) is 12.2. The molecule has 0 heterocycles. The zero-order valence-electron chi connectivity index (χ0n) is 14.7. The number of nitrogens with zero attached hydrogens (tertiary/aromatic N) is 1. The third-order valence-electron chi connectivity index (χ3n) is 3.81. The smallest absolute Gasteiger partial charge is 0.262 e. The van der Waals surface area contributed by atoms with Gasteiger partial charge in [-0.05, 0) is 36.3 Å². The van der Waals surface area contributed by atoms with Crippen molar-refractivity contribution in [2.75, 3.05) is 14.2 Å². The lowest BCUT2D eigenvalue weighted by Gasteiger charge is -2.14. The second kappa shape index (κ2) is 9.07. The SMILES string of the molecule is COc1cc(Br)c(/C=C(\C#N)C(=O)N[C@@H](C)c2ccccc2)cc1OC. The van der Waals surface area contributed by atoms with Gasteiger partial charge in [-0.1, -0.05) is 46.3 Å². The highest BCUT2D eigenvalue weighted by Gasteiger charge is 2.15. The van der Waals surface area contributed by atoms with E-state index in [-0.39, 0.29) is 11.6 Å². The molecule has 0 fully saturated rings. The summed E-state index contributed by atoms with van der Waals surface area (Å²) < 4.78 is 11.2. The summed E-state index contributed by atoms with van der Waals surface area (Å²) in [6.45, 7) is 1.87. The average Bonchev–Trinajstić information content (AvgIpc) is 2.67. The molecule has 0 saturated carbocycles.